The minimum absolute atomic E-state index is 0.0451. The smallest absolute Gasteiger partial charge is 0.243 e. The number of amides is 2. The fourth-order valence-electron chi connectivity index (χ4n) is 1.75. The molecular formula is C16H22N2O4. The Morgan fingerprint density at radius 3 is 2.55 bits per heavy atom. The maximum Gasteiger partial charge on any atom is 0.243 e. The molecule has 0 radical (unpaired) electrons. The summed E-state index contributed by atoms with van der Waals surface area (Å²) in [7, 11) is 1.47. The molecule has 0 fully saturated rings. The van der Waals surface area contributed by atoms with Gasteiger partial charge < -0.3 is 20.5 Å². The highest BCUT2D eigenvalue weighted by molar-refractivity contribution is 5.91. The van der Waals surface area contributed by atoms with Crippen LogP contribution in [0.2, 0.25) is 0 Å². The molecule has 3 N–H and O–H groups in total. The number of carbonyl (C=O) groups excluding carboxylic acids is 2. The van der Waals surface area contributed by atoms with Crippen molar-refractivity contribution < 1.29 is 19.4 Å². The summed E-state index contributed by atoms with van der Waals surface area (Å²) < 4.78 is 5.00. The predicted octanol–water partition coefficient (Wildman–Crippen LogP) is 1.45. The summed E-state index contributed by atoms with van der Waals surface area (Å²) in [5, 5.41) is 14.9. The predicted molar refractivity (Wildman–Crippen MR) is 84.6 cm³/mol. The van der Waals surface area contributed by atoms with Crippen LogP contribution in [-0.2, 0) is 9.59 Å². The minimum atomic E-state index is -0.188. The molecular weight excluding hydrogens is 284 g/mol. The number of phenols is 1. The average molecular weight is 306 g/mol. The Kier molecular flexibility index (Phi) is 7.53. The quantitative estimate of drug-likeness (QED) is 0.501. The number of nitrogens with one attached hydrogen (secondary N) is 2. The average Bonchev–Trinajstić information content (AvgIpc) is 2.49. The molecule has 1 aromatic rings. The van der Waals surface area contributed by atoms with Crippen LogP contribution in [0, 0.1) is 0 Å². The standard InChI is InChI=1S/C16H22N2O4/c1-12(19)17-9-3-4-10-18-16(21)8-6-13-5-7-14(20)15(11-13)22-2/h5-8,11,20H,3-4,9-10H2,1-2H3,(H,17,19)(H,18,21). The van der Waals surface area contributed by atoms with Crippen molar-refractivity contribution in [1.29, 1.82) is 0 Å². The molecule has 2 amide bonds. The van der Waals surface area contributed by atoms with Crippen molar-refractivity contribution >= 4 is 17.9 Å². The Labute approximate surface area is 130 Å². The van der Waals surface area contributed by atoms with Gasteiger partial charge in [0.25, 0.3) is 0 Å². The van der Waals surface area contributed by atoms with Gasteiger partial charge in [0.1, 0.15) is 0 Å². The van der Waals surface area contributed by atoms with Crippen molar-refractivity contribution in [1.82, 2.24) is 10.6 Å². The molecule has 0 aliphatic carbocycles. The number of hydrogen-bond acceptors (Lipinski definition) is 4. The molecule has 0 heterocycles. The van der Waals surface area contributed by atoms with Crippen molar-refractivity contribution in [3.63, 3.8) is 0 Å². The van der Waals surface area contributed by atoms with Crippen LogP contribution in [0.25, 0.3) is 6.08 Å². The number of ether oxygens (including phenoxy) is 1. The number of carbonyl (C=O) groups is 2. The van der Waals surface area contributed by atoms with Gasteiger partial charge in [0.05, 0.1) is 7.11 Å². The Morgan fingerprint density at radius 2 is 1.91 bits per heavy atom. The number of benzene rings is 1. The summed E-state index contributed by atoms with van der Waals surface area (Å²) in [5.41, 5.74) is 0.760. The number of unbranched alkanes of at least 4 members (excludes halogenated alkanes) is 1. The summed E-state index contributed by atoms with van der Waals surface area (Å²) in [6.45, 7) is 2.65. The first-order valence-corrected chi connectivity index (χ1v) is 7.10. The molecule has 6 nitrogen and oxygen atoms in total. The molecule has 22 heavy (non-hydrogen) atoms. The van der Waals surface area contributed by atoms with E-state index in [-0.39, 0.29) is 17.6 Å². The second-order valence-corrected chi connectivity index (χ2v) is 4.75. The van der Waals surface area contributed by atoms with E-state index in [0.717, 1.165) is 18.4 Å². The van der Waals surface area contributed by atoms with E-state index in [2.05, 4.69) is 10.6 Å². The fourth-order valence-corrected chi connectivity index (χ4v) is 1.75. The lowest BCUT2D eigenvalue weighted by atomic mass is 10.2. The van der Waals surface area contributed by atoms with Gasteiger partial charge in [0, 0.05) is 26.1 Å². The van der Waals surface area contributed by atoms with Crippen molar-refractivity contribution in [3.8, 4) is 11.5 Å². The van der Waals surface area contributed by atoms with E-state index < -0.39 is 0 Å². The Hall–Kier alpha value is -2.50. The zero-order valence-corrected chi connectivity index (χ0v) is 12.9. The van der Waals surface area contributed by atoms with Gasteiger partial charge in [0.15, 0.2) is 11.5 Å². The van der Waals surface area contributed by atoms with E-state index in [4.69, 9.17) is 4.74 Å². The Balaban J connectivity index is 2.31. The van der Waals surface area contributed by atoms with Crippen molar-refractivity contribution in [2.75, 3.05) is 20.2 Å². The second kappa shape index (κ2) is 9.44. The highest BCUT2D eigenvalue weighted by Gasteiger charge is 2.01. The molecule has 0 atom stereocenters. The maximum absolute atomic E-state index is 11.6. The third-order valence-corrected chi connectivity index (χ3v) is 2.91. The second-order valence-electron chi connectivity index (χ2n) is 4.75. The van der Waals surface area contributed by atoms with Crippen molar-refractivity contribution in [3.05, 3.63) is 29.8 Å². The van der Waals surface area contributed by atoms with E-state index in [1.165, 1.54) is 26.2 Å². The van der Waals surface area contributed by atoms with Crippen LogP contribution < -0.4 is 15.4 Å². The molecule has 6 heteroatoms. The van der Waals surface area contributed by atoms with Crippen LogP contribution in [0.5, 0.6) is 11.5 Å². The van der Waals surface area contributed by atoms with Gasteiger partial charge in [-0.25, -0.2) is 0 Å². The molecule has 0 aliphatic rings. The van der Waals surface area contributed by atoms with Gasteiger partial charge in [-0.1, -0.05) is 6.07 Å². The molecule has 0 aromatic heterocycles. The van der Waals surface area contributed by atoms with E-state index in [1.807, 2.05) is 0 Å². The molecule has 1 rings (SSSR count). The SMILES string of the molecule is COc1cc(C=CC(=O)NCCCCNC(C)=O)ccc1O. The van der Waals surface area contributed by atoms with Crippen LogP contribution >= 0.6 is 0 Å². The van der Waals surface area contributed by atoms with Crippen LogP contribution in [-0.4, -0.2) is 37.1 Å². The molecule has 0 unspecified atom stereocenters. The maximum atomic E-state index is 11.6. The van der Waals surface area contributed by atoms with Gasteiger partial charge in [-0.05, 0) is 36.6 Å². The van der Waals surface area contributed by atoms with Crippen molar-refractivity contribution in [2.24, 2.45) is 0 Å². The first-order chi connectivity index (χ1) is 10.5. The largest absolute Gasteiger partial charge is 0.504 e. The lowest BCUT2D eigenvalue weighted by molar-refractivity contribution is -0.119. The van der Waals surface area contributed by atoms with Crippen molar-refractivity contribution in [2.45, 2.75) is 19.8 Å². The summed E-state index contributed by atoms with van der Waals surface area (Å²) in [5.74, 6) is 0.187. The van der Waals surface area contributed by atoms with Crippen LogP contribution in [0.3, 0.4) is 0 Å². The zero-order chi connectivity index (χ0) is 16.4. The Bertz CT molecular complexity index is 541. The fraction of sp³-hybridized carbons (Fsp3) is 0.375. The highest BCUT2D eigenvalue weighted by atomic mass is 16.5. The van der Waals surface area contributed by atoms with Gasteiger partial charge in [-0.2, -0.15) is 0 Å². The first-order valence-electron chi connectivity index (χ1n) is 7.10. The summed E-state index contributed by atoms with van der Waals surface area (Å²) in [4.78, 5) is 22.3. The van der Waals surface area contributed by atoms with E-state index >= 15 is 0 Å². The number of rotatable bonds is 8. The molecule has 0 aliphatic heterocycles. The van der Waals surface area contributed by atoms with Gasteiger partial charge in [-0.3, -0.25) is 9.59 Å². The third kappa shape index (κ3) is 6.78. The lowest BCUT2D eigenvalue weighted by Crippen LogP contribution is -2.24. The number of hydrogen-bond donors (Lipinski definition) is 3. The summed E-state index contributed by atoms with van der Waals surface area (Å²) >= 11 is 0. The van der Waals surface area contributed by atoms with Crippen LogP contribution in [0.1, 0.15) is 25.3 Å². The molecule has 120 valence electrons. The topological polar surface area (TPSA) is 87.7 Å². The molecule has 0 saturated carbocycles. The highest BCUT2D eigenvalue weighted by Crippen LogP contribution is 2.26. The van der Waals surface area contributed by atoms with Gasteiger partial charge in [-0.15, -0.1) is 0 Å². The zero-order valence-electron chi connectivity index (χ0n) is 12.9. The number of aromatic hydroxyl groups is 1. The number of methoxy groups -OCH3 is 1. The number of phenolic OH excluding ortho intramolecular Hbond substituents is 1. The molecule has 1 aromatic carbocycles. The van der Waals surface area contributed by atoms with Gasteiger partial charge in [0.2, 0.25) is 11.8 Å². The summed E-state index contributed by atoms with van der Waals surface area (Å²) in [6.07, 6.45) is 4.69. The third-order valence-electron chi connectivity index (χ3n) is 2.91. The monoisotopic (exact) mass is 306 g/mol. The molecule has 0 spiro atoms. The lowest BCUT2D eigenvalue weighted by Gasteiger charge is -2.04. The molecule has 0 bridgehead atoms. The summed E-state index contributed by atoms with van der Waals surface area (Å²) in [6, 6.07) is 4.85. The first kappa shape index (κ1) is 17.6. The minimum Gasteiger partial charge on any atom is -0.504 e. The normalized spacial score (nSPS) is 10.5. The van der Waals surface area contributed by atoms with Crippen LogP contribution in [0.4, 0.5) is 0 Å². The molecule has 0 saturated heterocycles. The van der Waals surface area contributed by atoms with Gasteiger partial charge >= 0.3 is 0 Å². The van der Waals surface area contributed by atoms with E-state index in [9.17, 15) is 14.7 Å². The van der Waals surface area contributed by atoms with Crippen LogP contribution in [0.15, 0.2) is 24.3 Å². The Morgan fingerprint density at radius 1 is 1.23 bits per heavy atom. The van der Waals surface area contributed by atoms with E-state index in [1.54, 1.807) is 18.2 Å². The van der Waals surface area contributed by atoms with E-state index in [0.29, 0.717) is 18.8 Å².